The van der Waals surface area contributed by atoms with Crippen molar-refractivity contribution in [2.75, 3.05) is 12.4 Å². The second-order valence-corrected chi connectivity index (χ2v) is 4.79. The van der Waals surface area contributed by atoms with Crippen LogP contribution in [0.15, 0.2) is 48.5 Å². The lowest BCUT2D eigenvalue weighted by Gasteiger charge is -2.15. The van der Waals surface area contributed by atoms with Gasteiger partial charge in [0.2, 0.25) is 0 Å². The molecule has 0 bridgehead atoms. The van der Waals surface area contributed by atoms with E-state index in [4.69, 9.17) is 9.47 Å². The first-order chi connectivity index (χ1) is 10.1. The first-order valence-electron chi connectivity index (χ1n) is 6.77. The molecular formula is C17H19NO3. The maximum atomic E-state index is 12.1. The molecule has 1 amide bonds. The van der Waals surface area contributed by atoms with E-state index in [1.165, 1.54) is 0 Å². The Labute approximate surface area is 124 Å². The van der Waals surface area contributed by atoms with Gasteiger partial charge in [0.15, 0.2) is 6.10 Å². The van der Waals surface area contributed by atoms with Gasteiger partial charge < -0.3 is 14.8 Å². The molecule has 1 atom stereocenters. The lowest BCUT2D eigenvalue weighted by atomic mass is 10.2. The number of aryl methyl sites for hydroxylation is 1. The van der Waals surface area contributed by atoms with E-state index < -0.39 is 6.10 Å². The summed E-state index contributed by atoms with van der Waals surface area (Å²) in [6, 6.07) is 14.8. The normalized spacial score (nSPS) is 11.6. The predicted molar refractivity (Wildman–Crippen MR) is 82.9 cm³/mol. The molecule has 2 rings (SSSR count). The third-order valence-corrected chi connectivity index (χ3v) is 3.04. The number of amides is 1. The van der Waals surface area contributed by atoms with Gasteiger partial charge in [-0.1, -0.05) is 23.8 Å². The maximum absolute atomic E-state index is 12.1. The Hall–Kier alpha value is -2.49. The fraction of sp³-hybridized carbons (Fsp3) is 0.235. The largest absolute Gasteiger partial charge is 0.497 e. The van der Waals surface area contributed by atoms with Crippen LogP contribution in [-0.2, 0) is 4.79 Å². The number of rotatable bonds is 5. The minimum Gasteiger partial charge on any atom is -0.497 e. The van der Waals surface area contributed by atoms with E-state index in [0.29, 0.717) is 17.2 Å². The molecule has 0 aliphatic carbocycles. The number of nitrogens with one attached hydrogen (secondary N) is 1. The summed E-state index contributed by atoms with van der Waals surface area (Å²) >= 11 is 0. The zero-order valence-corrected chi connectivity index (χ0v) is 12.4. The maximum Gasteiger partial charge on any atom is 0.265 e. The van der Waals surface area contributed by atoms with Crippen molar-refractivity contribution in [3.63, 3.8) is 0 Å². The Bertz CT molecular complexity index is 608. The van der Waals surface area contributed by atoms with Crippen LogP contribution < -0.4 is 14.8 Å². The van der Waals surface area contributed by atoms with Crippen LogP contribution in [0.1, 0.15) is 12.5 Å². The van der Waals surface area contributed by atoms with Crippen molar-refractivity contribution in [3.05, 3.63) is 54.1 Å². The Morgan fingerprint density at radius 2 is 1.81 bits per heavy atom. The van der Waals surface area contributed by atoms with Gasteiger partial charge in [-0.2, -0.15) is 0 Å². The Morgan fingerprint density at radius 1 is 1.10 bits per heavy atom. The highest BCUT2D eigenvalue weighted by Crippen LogP contribution is 2.18. The smallest absolute Gasteiger partial charge is 0.265 e. The molecule has 0 spiro atoms. The van der Waals surface area contributed by atoms with Gasteiger partial charge in [0, 0.05) is 11.8 Å². The molecule has 21 heavy (non-hydrogen) atoms. The summed E-state index contributed by atoms with van der Waals surface area (Å²) in [4.78, 5) is 12.1. The monoisotopic (exact) mass is 285 g/mol. The molecule has 2 aromatic rings. The predicted octanol–water partition coefficient (Wildman–Crippen LogP) is 3.41. The van der Waals surface area contributed by atoms with E-state index >= 15 is 0 Å². The first-order valence-corrected chi connectivity index (χ1v) is 6.77. The topological polar surface area (TPSA) is 47.6 Å². The molecule has 0 heterocycles. The van der Waals surface area contributed by atoms with Crippen molar-refractivity contribution in [1.29, 1.82) is 0 Å². The van der Waals surface area contributed by atoms with Crippen LogP contribution in [0.3, 0.4) is 0 Å². The first kappa shape index (κ1) is 14.9. The van der Waals surface area contributed by atoms with Crippen molar-refractivity contribution in [2.45, 2.75) is 20.0 Å². The summed E-state index contributed by atoms with van der Waals surface area (Å²) in [7, 11) is 1.59. The molecule has 0 saturated carbocycles. The van der Waals surface area contributed by atoms with Gasteiger partial charge in [-0.05, 0) is 38.1 Å². The van der Waals surface area contributed by atoms with E-state index in [0.717, 1.165) is 5.56 Å². The molecular weight excluding hydrogens is 266 g/mol. The number of carbonyl (C=O) groups is 1. The van der Waals surface area contributed by atoms with Gasteiger partial charge in [-0.15, -0.1) is 0 Å². The van der Waals surface area contributed by atoms with Crippen LogP contribution in [-0.4, -0.2) is 19.1 Å². The van der Waals surface area contributed by atoms with Crippen molar-refractivity contribution in [1.82, 2.24) is 0 Å². The fourth-order valence-corrected chi connectivity index (χ4v) is 1.82. The van der Waals surface area contributed by atoms with E-state index in [1.807, 2.05) is 43.3 Å². The second kappa shape index (κ2) is 6.79. The molecule has 0 radical (unpaired) electrons. The standard InChI is InChI=1S/C17H19NO3/c1-12-7-9-15(10-8-12)21-13(2)17(19)18-14-5-4-6-16(11-14)20-3/h4-11,13H,1-3H3,(H,18,19)/t13-/m0/s1. The number of anilines is 1. The average Bonchev–Trinajstić information content (AvgIpc) is 2.49. The molecule has 0 saturated heterocycles. The Balaban J connectivity index is 1.97. The number of methoxy groups -OCH3 is 1. The summed E-state index contributed by atoms with van der Waals surface area (Å²) in [5.41, 5.74) is 1.83. The molecule has 110 valence electrons. The molecule has 1 N–H and O–H groups in total. The molecule has 0 unspecified atom stereocenters. The highest BCUT2D eigenvalue weighted by molar-refractivity contribution is 5.94. The highest BCUT2D eigenvalue weighted by atomic mass is 16.5. The molecule has 0 aromatic heterocycles. The third-order valence-electron chi connectivity index (χ3n) is 3.04. The second-order valence-electron chi connectivity index (χ2n) is 4.79. The lowest BCUT2D eigenvalue weighted by Crippen LogP contribution is -2.30. The van der Waals surface area contributed by atoms with Crippen molar-refractivity contribution >= 4 is 11.6 Å². The number of hydrogen-bond acceptors (Lipinski definition) is 3. The van der Waals surface area contributed by atoms with Crippen LogP contribution in [0, 0.1) is 6.92 Å². The summed E-state index contributed by atoms with van der Waals surface area (Å²) in [5, 5.41) is 2.80. The summed E-state index contributed by atoms with van der Waals surface area (Å²) in [6.45, 7) is 3.72. The van der Waals surface area contributed by atoms with Crippen LogP contribution in [0.5, 0.6) is 11.5 Å². The number of hydrogen-bond donors (Lipinski definition) is 1. The summed E-state index contributed by atoms with van der Waals surface area (Å²) < 4.78 is 10.7. The molecule has 2 aromatic carbocycles. The Kier molecular flexibility index (Phi) is 4.82. The van der Waals surface area contributed by atoms with Crippen LogP contribution >= 0.6 is 0 Å². The number of ether oxygens (including phenoxy) is 2. The third kappa shape index (κ3) is 4.24. The van der Waals surface area contributed by atoms with Gasteiger partial charge in [0.25, 0.3) is 5.91 Å². The Morgan fingerprint density at radius 3 is 2.48 bits per heavy atom. The zero-order chi connectivity index (χ0) is 15.2. The summed E-state index contributed by atoms with van der Waals surface area (Å²) in [5.74, 6) is 1.16. The van der Waals surface area contributed by atoms with E-state index in [1.54, 1.807) is 26.2 Å². The van der Waals surface area contributed by atoms with E-state index in [-0.39, 0.29) is 5.91 Å². The molecule has 0 aliphatic heterocycles. The average molecular weight is 285 g/mol. The van der Waals surface area contributed by atoms with Crippen molar-refractivity contribution in [3.8, 4) is 11.5 Å². The fourth-order valence-electron chi connectivity index (χ4n) is 1.82. The van der Waals surface area contributed by atoms with Gasteiger partial charge >= 0.3 is 0 Å². The molecule has 0 aliphatic rings. The molecule has 4 nitrogen and oxygen atoms in total. The quantitative estimate of drug-likeness (QED) is 0.915. The minimum absolute atomic E-state index is 0.205. The summed E-state index contributed by atoms with van der Waals surface area (Å²) in [6.07, 6.45) is -0.584. The van der Waals surface area contributed by atoms with Crippen molar-refractivity contribution < 1.29 is 14.3 Å². The van der Waals surface area contributed by atoms with Gasteiger partial charge in [0.1, 0.15) is 11.5 Å². The van der Waals surface area contributed by atoms with Crippen LogP contribution in [0.25, 0.3) is 0 Å². The zero-order valence-electron chi connectivity index (χ0n) is 12.4. The van der Waals surface area contributed by atoms with Gasteiger partial charge in [0.05, 0.1) is 7.11 Å². The van der Waals surface area contributed by atoms with Crippen LogP contribution in [0.4, 0.5) is 5.69 Å². The van der Waals surface area contributed by atoms with Gasteiger partial charge in [-0.3, -0.25) is 4.79 Å². The van der Waals surface area contributed by atoms with Gasteiger partial charge in [-0.25, -0.2) is 0 Å². The van der Waals surface area contributed by atoms with Crippen molar-refractivity contribution in [2.24, 2.45) is 0 Å². The number of carbonyl (C=O) groups excluding carboxylic acids is 1. The molecule has 0 fully saturated rings. The number of benzene rings is 2. The SMILES string of the molecule is COc1cccc(NC(=O)[C@H](C)Oc2ccc(C)cc2)c1. The van der Waals surface area contributed by atoms with E-state index in [2.05, 4.69) is 5.32 Å². The molecule has 4 heteroatoms. The lowest BCUT2D eigenvalue weighted by molar-refractivity contribution is -0.122. The van der Waals surface area contributed by atoms with Crippen LogP contribution in [0.2, 0.25) is 0 Å². The highest BCUT2D eigenvalue weighted by Gasteiger charge is 2.15. The van der Waals surface area contributed by atoms with E-state index in [9.17, 15) is 4.79 Å². The minimum atomic E-state index is -0.584.